The zero-order chi connectivity index (χ0) is 12.1. The topological polar surface area (TPSA) is 59.0 Å². The Labute approximate surface area is 96.3 Å². The molecule has 5 heteroatoms. The highest BCUT2D eigenvalue weighted by molar-refractivity contribution is 5.76. The molecule has 1 N–H and O–H groups in total. The first kappa shape index (κ1) is 13.4. The number of carbonyl (C=O) groups is 1. The van der Waals surface area contributed by atoms with Gasteiger partial charge in [-0.2, -0.15) is 0 Å². The first-order valence-electron chi connectivity index (χ1n) is 5.66. The maximum Gasteiger partial charge on any atom is 0.323 e. The van der Waals surface area contributed by atoms with Crippen LogP contribution in [0.1, 0.15) is 20.3 Å². The van der Waals surface area contributed by atoms with Crippen LogP contribution < -0.4 is 0 Å². The number of hydrogen-bond donors (Lipinski definition) is 1. The Kier molecular flexibility index (Phi) is 5.18. The summed E-state index contributed by atoms with van der Waals surface area (Å²) in [4.78, 5) is 13.4. The Morgan fingerprint density at radius 3 is 2.81 bits per heavy atom. The fourth-order valence-electron chi connectivity index (χ4n) is 1.91. The van der Waals surface area contributed by atoms with Crippen molar-refractivity contribution in [2.24, 2.45) is 0 Å². The minimum atomic E-state index is -0.442. The number of β-amino-alcohol motifs (C(OH)–C–C–N with tert-alkyl or cyclic N) is 1. The van der Waals surface area contributed by atoms with Gasteiger partial charge in [-0.1, -0.05) is 0 Å². The molecule has 0 aromatic heterocycles. The Balaban J connectivity index is 2.40. The maximum absolute atomic E-state index is 11.5. The Morgan fingerprint density at radius 1 is 1.56 bits per heavy atom. The Bertz CT molecular complexity index is 232. The van der Waals surface area contributed by atoms with Gasteiger partial charge < -0.3 is 14.6 Å². The van der Waals surface area contributed by atoms with Gasteiger partial charge in [0.15, 0.2) is 0 Å². The first-order valence-corrected chi connectivity index (χ1v) is 5.66. The molecule has 1 heterocycles. The summed E-state index contributed by atoms with van der Waals surface area (Å²) in [5.41, 5.74) is 0. The van der Waals surface area contributed by atoms with Gasteiger partial charge >= 0.3 is 5.97 Å². The molecule has 1 rings (SSSR count). The molecule has 0 aromatic carbocycles. The lowest BCUT2D eigenvalue weighted by molar-refractivity contribution is -0.146. The van der Waals surface area contributed by atoms with Gasteiger partial charge in [0.25, 0.3) is 0 Å². The van der Waals surface area contributed by atoms with E-state index >= 15 is 0 Å². The summed E-state index contributed by atoms with van der Waals surface area (Å²) in [6.45, 7) is 5.67. The number of aliphatic hydroxyl groups excluding tert-OH is 1. The molecule has 1 saturated heterocycles. The predicted molar refractivity (Wildman–Crippen MR) is 59.1 cm³/mol. The highest BCUT2D eigenvalue weighted by Gasteiger charge is 2.36. The predicted octanol–water partition coefficient (Wildman–Crippen LogP) is 0.0196. The second kappa shape index (κ2) is 6.18. The van der Waals surface area contributed by atoms with Gasteiger partial charge in [-0.25, -0.2) is 0 Å². The molecule has 16 heavy (non-hydrogen) atoms. The van der Waals surface area contributed by atoms with E-state index in [9.17, 15) is 9.90 Å². The molecular formula is C11H21NO4. The third kappa shape index (κ3) is 3.73. The van der Waals surface area contributed by atoms with Crippen LogP contribution in [0.15, 0.2) is 0 Å². The Morgan fingerprint density at radius 2 is 2.25 bits per heavy atom. The number of carbonyl (C=O) groups excluding carboxylic acids is 1. The maximum atomic E-state index is 11.5. The van der Waals surface area contributed by atoms with Gasteiger partial charge in [-0.3, -0.25) is 9.69 Å². The molecule has 0 bridgehead atoms. The van der Waals surface area contributed by atoms with E-state index in [4.69, 9.17) is 9.47 Å². The second-order valence-electron chi connectivity index (χ2n) is 4.34. The third-order valence-corrected chi connectivity index (χ3v) is 2.68. The van der Waals surface area contributed by atoms with Crippen LogP contribution in [-0.4, -0.2) is 61.0 Å². The largest absolute Gasteiger partial charge is 0.468 e. The smallest absolute Gasteiger partial charge is 0.323 e. The summed E-state index contributed by atoms with van der Waals surface area (Å²) in [6.07, 6.45) is 0.196. The molecule has 0 saturated carbocycles. The molecule has 1 aliphatic heterocycles. The number of nitrogens with zero attached hydrogens (tertiary/aromatic N) is 1. The summed E-state index contributed by atoms with van der Waals surface area (Å²) in [5.74, 6) is -0.277. The molecule has 0 aromatic rings. The van der Waals surface area contributed by atoms with Crippen molar-refractivity contribution in [3.05, 3.63) is 0 Å². The van der Waals surface area contributed by atoms with Gasteiger partial charge in [0.05, 0.1) is 25.9 Å². The van der Waals surface area contributed by atoms with Crippen molar-refractivity contribution in [2.45, 2.75) is 38.5 Å². The molecule has 5 nitrogen and oxygen atoms in total. The first-order chi connectivity index (χ1) is 7.54. The molecule has 0 radical (unpaired) electrons. The van der Waals surface area contributed by atoms with E-state index in [2.05, 4.69) is 0 Å². The van der Waals surface area contributed by atoms with Crippen LogP contribution in [0.3, 0.4) is 0 Å². The van der Waals surface area contributed by atoms with E-state index in [1.165, 1.54) is 7.11 Å². The van der Waals surface area contributed by atoms with Crippen LogP contribution in [-0.2, 0) is 14.3 Å². The third-order valence-electron chi connectivity index (χ3n) is 2.68. The lowest BCUT2D eigenvalue weighted by Crippen LogP contribution is -2.39. The van der Waals surface area contributed by atoms with E-state index < -0.39 is 6.10 Å². The van der Waals surface area contributed by atoms with Crippen molar-refractivity contribution in [3.63, 3.8) is 0 Å². The van der Waals surface area contributed by atoms with Crippen molar-refractivity contribution < 1.29 is 19.4 Å². The Hall–Kier alpha value is -0.650. The molecule has 0 amide bonds. The summed E-state index contributed by atoms with van der Waals surface area (Å²) in [7, 11) is 1.37. The zero-order valence-corrected chi connectivity index (χ0v) is 10.2. The minimum Gasteiger partial charge on any atom is -0.468 e. The zero-order valence-electron chi connectivity index (χ0n) is 10.2. The highest BCUT2D eigenvalue weighted by Crippen LogP contribution is 2.18. The van der Waals surface area contributed by atoms with Gasteiger partial charge in [-0.15, -0.1) is 0 Å². The minimum absolute atomic E-state index is 0.184. The van der Waals surface area contributed by atoms with Crippen molar-refractivity contribution in [2.75, 3.05) is 26.8 Å². The number of methoxy groups -OCH3 is 1. The van der Waals surface area contributed by atoms with Crippen LogP contribution >= 0.6 is 0 Å². The van der Waals surface area contributed by atoms with Crippen molar-refractivity contribution in [3.8, 4) is 0 Å². The number of ether oxygens (including phenoxy) is 2. The number of esters is 1. The number of rotatable bonds is 5. The van der Waals surface area contributed by atoms with Crippen LogP contribution in [0, 0.1) is 0 Å². The van der Waals surface area contributed by atoms with Crippen LogP contribution in [0.5, 0.6) is 0 Å². The summed E-state index contributed by atoms with van der Waals surface area (Å²) >= 11 is 0. The highest BCUT2D eigenvalue weighted by atomic mass is 16.5. The molecule has 0 aliphatic carbocycles. The molecule has 2 unspecified atom stereocenters. The van der Waals surface area contributed by atoms with Gasteiger partial charge in [0, 0.05) is 19.5 Å². The molecular weight excluding hydrogens is 210 g/mol. The van der Waals surface area contributed by atoms with Crippen LogP contribution in [0.2, 0.25) is 0 Å². The fourth-order valence-corrected chi connectivity index (χ4v) is 1.91. The molecule has 1 fully saturated rings. The lowest BCUT2D eigenvalue weighted by Gasteiger charge is -2.22. The average Bonchev–Trinajstić information content (AvgIpc) is 2.58. The number of hydrogen-bond acceptors (Lipinski definition) is 5. The van der Waals surface area contributed by atoms with E-state index in [1.807, 2.05) is 18.7 Å². The normalized spacial score (nSPS) is 26.3. The SMILES string of the molecule is COC(=O)C1CC(O)CN1CCOC(C)C. The van der Waals surface area contributed by atoms with E-state index in [-0.39, 0.29) is 18.1 Å². The van der Waals surface area contributed by atoms with E-state index in [1.54, 1.807) is 0 Å². The summed E-state index contributed by atoms with van der Waals surface area (Å²) in [6, 6.07) is -0.323. The van der Waals surface area contributed by atoms with Crippen LogP contribution in [0.4, 0.5) is 0 Å². The number of aliphatic hydroxyl groups is 1. The summed E-state index contributed by atoms with van der Waals surface area (Å²) in [5, 5.41) is 9.53. The van der Waals surface area contributed by atoms with Crippen LogP contribution in [0.25, 0.3) is 0 Å². The summed E-state index contributed by atoms with van der Waals surface area (Å²) < 4.78 is 10.1. The second-order valence-corrected chi connectivity index (χ2v) is 4.34. The molecule has 94 valence electrons. The van der Waals surface area contributed by atoms with Gasteiger partial charge in [0.2, 0.25) is 0 Å². The van der Waals surface area contributed by atoms with E-state index in [0.717, 1.165) is 0 Å². The van der Waals surface area contributed by atoms with Gasteiger partial charge in [-0.05, 0) is 13.8 Å². The molecule has 1 aliphatic rings. The fraction of sp³-hybridized carbons (Fsp3) is 0.909. The standard InChI is InChI=1S/C11H21NO4/c1-8(2)16-5-4-12-7-9(13)6-10(12)11(14)15-3/h8-10,13H,4-7H2,1-3H3. The average molecular weight is 231 g/mol. The van der Waals surface area contributed by atoms with Crippen molar-refractivity contribution in [1.82, 2.24) is 4.90 Å². The quantitative estimate of drug-likeness (QED) is 0.676. The van der Waals surface area contributed by atoms with Crippen molar-refractivity contribution >= 4 is 5.97 Å². The molecule has 2 atom stereocenters. The van der Waals surface area contributed by atoms with E-state index in [0.29, 0.717) is 26.1 Å². The number of likely N-dealkylation sites (tertiary alicyclic amines) is 1. The van der Waals surface area contributed by atoms with Gasteiger partial charge in [0.1, 0.15) is 6.04 Å². The van der Waals surface area contributed by atoms with Crippen molar-refractivity contribution in [1.29, 1.82) is 0 Å². The monoisotopic (exact) mass is 231 g/mol. The lowest BCUT2D eigenvalue weighted by atomic mass is 10.2. The molecule has 0 spiro atoms.